The zero-order chi connectivity index (χ0) is 15.2. The molecule has 1 amide bonds. The van der Waals surface area contributed by atoms with E-state index in [1.54, 1.807) is 20.8 Å². The predicted octanol–water partition coefficient (Wildman–Crippen LogP) is 3.31. The Kier molecular flexibility index (Phi) is 5.67. The maximum absolute atomic E-state index is 12.7. The van der Waals surface area contributed by atoms with Crippen LogP contribution >= 0.6 is 0 Å². The summed E-state index contributed by atoms with van der Waals surface area (Å²) in [4.78, 5) is 23.1. The Bertz CT molecular complexity index is 463. The molecule has 0 saturated heterocycles. The highest BCUT2D eigenvalue weighted by atomic mass is 19.1. The minimum atomic E-state index is -0.534. The minimum Gasteiger partial charge on any atom is -0.444 e. The lowest BCUT2D eigenvalue weighted by Gasteiger charge is -2.19. The van der Waals surface area contributed by atoms with Gasteiger partial charge in [-0.05, 0) is 51.5 Å². The average Bonchev–Trinajstić information content (AvgIpc) is 2.33. The van der Waals surface area contributed by atoms with Gasteiger partial charge in [-0.25, -0.2) is 9.18 Å². The Balaban J connectivity index is 2.26. The van der Waals surface area contributed by atoms with E-state index in [9.17, 15) is 14.0 Å². The molecule has 4 nitrogen and oxygen atoms in total. The third-order valence-corrected chi connectivity index (χ3v) is 2.42. The summed E-state index contributed by atoms with van der Waals surface area (Å²) in [5, 5.41) is 2.58. The molecule has 5 heteroatoms. The number of rotatable bonds is 5. The first-order valence-corrected chi connectivity index (χ1v) is 6.53. The molecule has 0 heterocycles. The van der Waals surface area contributed by atoms with Crippen molar-refractivity contribution in [1.29, 1.82) is 0 Å². The molecule has 0 aliphatic carbocycles. The number of hydrogen-bond acceptors (Lipinski definition) is 3. The van der Waals surface area contributed by atoms with Gasteiger partial charge in [0.2, 0.25) is 0 Å². The van der Waals surface area contributed by atoms with Gasteiger partial charge in [-0.15, -0.1) is 0 Å². The highest BCUT2D eigenvalue weighted by Crippen LogP contribution is 2.08. The van der Waals surface area contributed by atoms with Crippen LogP contribution in [0.3, 0.4) is 0 Å². The van der Waals surface area contributed by atoms with Crippen LogP contribution in [0.5, 0.6) is 0 Å². The van der Waals surface area contributed by atoms with Crippen LogP contribution in [0.1, 0.15) is 44.0 Å². The summed E-state index contributed by atoms with van der Waals surface area (Å²) in [6, 6.07) is 5.43. The van der Waals surface area contributed by atoms with Crippen molar-refractivity contribution in [2.75, 3.05) is 6.54 Å². The summed E-state index contributed by atoms with van der Waals surface area (Å²) in [5.41, 5.74) is -0.0581. The highest BCUT2D eigenvalue weighted by molar-refractivity contribution is 5.95. The van der Waals surface area contributed by atoms with Crippen molar-refractivity contribution < 1.29 is 18.7 Å². The van der Waals surface area contributed by atoms with Crippen molar-refractivity contribution in [2.45, 2.75) is 39.2 Å². The number of carbonyl (C=O) groups excluding carboxylic acids is 2. The molecule has 0 bridgehead atoms. The van der Waals surface area contributed by atoms with E-state index in [-0.39, 0.29) is 11.6 Å². The number of benzene rings is 1. The van der Waals surface area contributed by atoms with Crippen LogP contribution in [0.2, 0.25) is 0 Å². The molecule has 0 saturated carbocycles. The van der Waals surface area contributed by atoms with E-state index in [2.05, 4.69) is 5.32 Å². The zero-order valence-electron chi connectivity index (χ0n) is 12.0. The molecule has 1 N–H and O–H groups in total. The molecule has 0 aromatic heterocycles. The number of alkyl carbamates (subject to hydrolysis) is 1. The molecule has 0 radical (unpaired) electrons. The van der Waals surface area contributed by atoms with Gasteiger partial charge in [0.15, 0.2) is 5.78 Å². The van der Waals surface area contributed by atoms with E-state index < -0.39 is 11.7 Å². The Morgan fingerprint density at radius 2 is 1.80 bits per heavy atom. The second-order valence-electron chi connectivity index (χ2n) is 5.46. The Morgan fingerprint density at radius 1 is 1.20 bits per heavy atom. The lowest BCUT2D eigenvalue weighted by atomic mass is 10.1. The zero-order valence-corrected chi connectivity index (χ0v) is 12.0. The molecule has 1 aromatic carbocycles. The molecule has 0 atom stereocenters. The number of halogens is 1. The Hall–Kier alpha value is -1.91. The lowest BCUT2D eigenvalue weighted by molar-refractivity contribution is 0.0525. The van der Waals surface area contributed by atoms with E-state index in [1.807, 2.05) is 0 Å². The predicted molar refractivity (Wildman–Crippen MR) is 74.2 cm³/mol. The van der Waals surface area contributed by atoms with Gasteiger partial charge in [0.25, 0.3) is 0 Å². The summed E-state index contributed by atoms with van der Waals surface area (Å²) in [6.45, 7) is 5.71. The molecule has 0 aliphatic rings. The molecule has 110 valence electrons. The van der Waals surface area contributed by atoms with Crippen molar-refractivity contribution in [3.63, 3.8) is 0 Å². The van der Waals surface area contributed by atoms with Gasteiger partial charge in [-0.2, -0.15) is 0 Å². The normalized spacial score (nSPS) is 11.0. The largest absolute Gasteiger partial charge is 0.444 e. The van der Waals surface area contributed by atoms with Gasteiger partial charge in [0.05, 0.1) is 0 Å². The number of ketones is 1. The molecular formula is C15H20FNO3. The Labute approximate surface area is 118 Å². The lowest BCUT2D eigenvalue weighted by Crippen LogP contribution is -2.33. The standard InChI is InChI=1S/C15H20FNO3/c1-15(2,3)20-14(19)17-10-4-5-13(18)11-6-8-12(16)9-7-11/h6-9H,4-5,10H2,1-3H3,(H,17,19). The van der Waals surface area contributed by atoms with E-state index in [4.69, 9.17) is 4.74 Å². The number of Topliss-reactive ketones (excluding diaryl/α,β-unsaturated/α-hetero) is 1. The SMILES string of the molecule is CC(C)(C)OC(=O)NCCCC(=O)c1ccc(F)cc1. The second kappa shape index (κ2) is 7.03. The van der Waals surface area contributed by atoms with Gasteiger partial charge in [0.1, 0.15) is 11.4 Å². The van der Waals surface area contributed by atoms with Crippen LogP contribution < -0.4 is 5.32 Å². The molecule has 0 aliphatic heterocycles. The van der Waals surface area contributed by atoms with E-state index >= 15 is 0 Å². The van der Waals surface area contributed by atoms with Crippen LogP contribution in [0, 0.1) is 5.82 Å². The molecule has 1 aromatic rings. The number of hydrogen-bond donors (Lipinski definition) is 1. The van der Waals surface area contributed by atoms with Crippen molar-refractivity contribution in [3.05, 3.63) is 35.6 Å². The smallest absolute Gasteiger partial charge is 0.407 e. The number of ether oxygens (including phenoxy) is 1. The van der Waals surface area contributed by atoms with Crippen molar-refractivity contribution in [1.82, 2.24) is 5.32 Å². The van der Waals surface area contributed by atoms with Gasteiger partial charge in [0, 0.05) is 18.5 Å². The third kappa shape index (κ3) is 6.31. The molecule has 0 fully saturated rings. The third-order valence-electron chi connectivity index (χ3n) is 2.42. The van der Waals surface area contributed by atoms with Gasteiger partial charge >= 0.3 is 6.09 Å². The van der Waals surface area contributed by atoms with Crippen molar-refractivity contribution >= 4 is 11.9 Å². The van der Waals surface area contributed by atoms with Gasteiger partial charge in [-0.3, -0.25) is 4.79 Å². The summed E-state index contributed by atoms with van der Waals surface area (Å²) in [5.74, 6) is -0.441. The van der Waals surface area contributed by atoms with Gasteiger partial charge in [-0.1, -0.05) is 0 Å². The summed E-state index contributed by atoms with van der Waals surface area (Å²) in [6.07, 6.45) is 0.309. The number of nitrogens with one attached hydrogen (secondary N) is 1. The maximum atomic E-state index is 12.7. The highest BCUT2D eigenvalue weighted by Gasteiger charge is 2.15. The summed E-state index contributed by atoms with van der Waals surface area (Å²) in [7, 11) is 0. The first-order chi connectivity index (χ1) is 9.28. The topological polar surface area (TPSA) is 55.4 Å². The first-order valence-electron chi connectivity index (χ1n) is 6.53. The molecule has 20 heavy (non-hydrogen) atoms. The molecule has 0 unspecified atom stereocenters. The maximum Gasteiger partial charge on any atom is 0.407 e. The summed E-state index contributed by atoms with van der Waals surface area (Å²) < 4.78 is 17.8. The molecular weight excluding hydrogens is 261 g/mol. The van der Waals surface area contributed by atoms with Crippen LogP contribution in [0.4, 0.5) is 9.18 Å². The fourth-order valence-corrected chi connectivity index (χ4v) is 1.53. The van der Waals surface area contributed by atoms with Crippen LogP contribution in [0.15, 0.2) is 24.3 Å². The Morgan fingerprint density at radius 3 is 2.35 bits per heavy atom. The number of amides is 1. The fraction of sp³-hybridized carbons (Fsp3) is 0.467. The second-order valence-corrected chi connectivity index (χ2v) is 5.46. The first kappa shape index (κ1) is 16.1. The average molecular weight is 281 g/mol. The van der Waals surface area contributed by atoms with Crippen molar-refractivity contribution in [3.8, 4) is 0 Å². The fourth-order valence-electron chi connectivity index (χ4n) is 1.53. The molecule has 1 rings (SSSR count). The van der Waals surface area contributed by atoms with Crippen LogP contribution in [0.25, 0.3) is 0 Å². The quantitative estimate of drug-likeness (QED) is 0.665. The van der Waals surface area contributed by atoms with E-state index in [0.717, 1.165) is 0 Å². The minimum absolute atomic E-state index is 0.0732. The van der Waals surface area contributed by atoms with E-state index in [0.29, 0.717) is 24.9 Å². The van der Waals surface area contributed by atoms with Gasteiger partial charge < -0.3 is 10.1 Å². The van der Waals surface area contributed by atoms with Crippen molar-refractivity contribution in [2.24, 2.45) is 0 Å². The van der Waals surface area contributed by atoms with Crippen LogP contribution in [-0.4, -0.2) is 24.0 Å². The van der Waals surface area contributed by atoms with Crippen LogP contribution in [-0.2, 0) is 4.74 Å². The number of carbonyl (C=O) groups is 2. The summed E-state index contributed by atoms with van der Waals surface area (Å²) >= 11 is 0. The van der Waals surface area contributed by atoms with E-state index in [1.165, 1.54) is 24.3 Å². The monoisotopic (exact) mass is 281 g/mol. The molecule has 0 spiro atoms.